The van der Waals surface area contributed by atoms with Gasteiger partial charge in [-0.15, -0.1) is 6.42 Å². The number of hydrogen-bond donors (Lipinski definition) is 1. The minimum Gasteiger partial charge on any atom is -0.391 e. The average molecular weight is 139 g/mol. The Kier molecular flexibility index (Phi) is 1.93. The number of terminal acetylenes is 1. The van der Waals surface area contributed by atoms with Crippen LogP contribution in [0.15, 0.2) is 0 Å². The molecule has 0 spiro atoms. The normalized spacial score (nSPS) is 24.4. The van der Waals surface area contributed by atoms with Gasteiger partial charge >= 0.3 is 0 Å². The number of aliphatic hydroxyl groups excluding tert-OH is 1. The van der Waals surface area contributed by atoms with Gasteiger partial charge in [0.15, 0.2) is 0 Å². The van der Waals surface area contributed by atoms with E-state index < -0.39 is 0 Å². The second-order valence-electron chi connectivity index (χ2n) is 2.34. The molecule has 0 aliphatic carbocycles. The fraction of sp³-hybridized carbons (Fsp3) is 0.571. The van der Waals surface area contributed by atoms with Crippen molar-refractivity contribution in [2.45, 2.75) is 12.5 Å². The van der Waals surface area contributed by atoms with E-state index in [1.54, 1.807) is 0 Å². The molecule has 1 N–H and O–H groups in total. The highest BCUT2D eigenvalue weighted by molar-refractivity contribution is 5.93. The summed E-state index contributed by atoms with van der Waals surface area (Å²) < 4.78 is 0. The molecule has 1 aliphatic heterocycles. The maximum atomic E-state index is 10.7. The zero-order valence-corrected chi connectivity index (χ0v) is 5.58. The molecule has 0 aromatic rings. The average Bonchev–Trinajstić information content (AvgIpc) is 2.34. The van der Waals surface area contributed by atoms with Gasteiger partial charge in [-0.05, 0) is 12.3 Å². The van der Waals surface area contributed by atoms with Gasteiger partial charge in [0.25, 0.3) is 5.91 Å². The summed E-state index contributed by atoms with van der Waals surface area (Å²) in [5, 5.41) is 8.98. The Morgan fingerprint density at radius 1 is 1.80 bits per heavy atom. The highest BCUT2D eigenvalue weighted by Crippen LogP contribution is 2.07. The van der Waals surface area contributed by atoms with E-state index in [0.29, 0.717) is 19.5 Å². The zero-order chi connectivity index (χ0) is 7.56. The molecule has 1 fully saturated rings. The smallest absolute Gasteiger partial charge is 0.298 e. The molecule has 1 saturated heterocycles. The van der Waals surface area contributed by atoms with E-state index in [4.69, 9.17) is 11.5 Å². The summed E-state index contributed by atoms with van der Waals surface area (Å²) in [7, 11) is 0. The van der Waals surface area contributed by atoms with Crippen molar-refractivity contribution in [2.24, 2.45) is 0 Å². The molecule has 0 radical (unpaired) electrons. The minimum absolute atomic E-state index is 0.323. The molecular formula is C7H9NO2. The van der Waals surface area contributed by atoms with Crippen molar-refractivity contribution >= 4 is 5.91 Å². The third-order valence-corrected chi connectivity index (χ3v) is 1.57. The first-order valence-electron chi connectivity index (χ1n) is 3.17. The van der Waals surface area contributed by atoms with Gasteiger partial charge in [-0.2, -0.15) is 0 Å². The molecule has 1 rings (SSSR count). The molecule has 1 heterocycles. The SMILES string of the molecule is C#CC(=O)N1CC[C@@H](O)C1. The first-order valence-corrected chi connectivity index (χ1v) is 3.17. The fourth-order valence-corrected chi connectivity index (χ4v) is 1.02. The van der Waals surface area contributed by atoms with Crippen LogP contribution in [0.3, 0.4) is 0 Å². The van der Waals surface area contributed by atoms with Gasteiger partial charge in [0, 0.05) is 13.1 Å². The highest BCUT2D eigenvalue weighted by Gasteiger charge is 2.22. The largest absolute Gasteiger partial charge is 0.391 e. The van der Waals surface area contributed by atoms with Crippen LogP contribution >= 0.6 is 0 Å². The van der Waals surface area contributed by atoms with Crippen LogP contribution in [0.2, 0.25) is 0 Å². The lowest BCUT2D eigenvalue weighted by molar-refractivity contribution is -0.124. The molecule has 1 atom stereocenters. The van der Waals surface area contributed by atoms with Crippen LogP contribution < -0.4 is 0 Å². The van der Waals surface area contributed by atoms with Gasteiger partial charge in [-0.1, -0.05) is 0 Å². The van der Waals surface area contributed by atoms with Crippen LogP contribution in [0, 0.1) is 12.3 Å². The number of carbonyl (C=O) groups is 1. The number of β-amino-alcohol motifs (C(OH)–C–C–N with tert-alkyl or cyclic N) is 1. The Morgan fingerprint density at radius 3 is 2.90 bits per heavy atom. The molecular weight excluding hydrogens is 130 g/mol. The molecule has 10 heavy (non-hydrogen) atoms. The number of nitrogens with zero attached hydrogens (tertiary/aromatic N) is 1. The molecule has 0 unspecified atom stereocenters. The second kappa shape index (κ2) is 2.72. The Hall–Kier alpha value is -1.01. The van der Waals surface area contributed by atoms with Crippen LogP contribution in [0.1, 0.15) is 6.42 Å². The van der Waals surface area contributed by atoms with Crippen molar-refractivity contribution in [3.05, 3.63) is 0 Å². The van der Waals surface area contributed by atoms with Gasteiger partial charge in [-0.25, -0.2) is 0 Å². The van der Waals surface area contributed by atoms with E-state index in [0.717, 1.165) is 0 Å². The second-order valence-corrected chi connectivity index (χ2v) is 2.34. The van der Waals surface area contributed by atoms with Gasteiger partial charge in [0.05, 0.1) is 6.10 Å². The van der Waals surface area contributed by atoms with E-state index in [-0.39, 0.29) is 12.0 Å². The Morgan fingerprint density at radius 2 is 2.50 bits per heavy atom. The number of hydrogen-bond acceptors (Lipinski definition) is 2. The van der Waals surface area contributed by atoms with Crippen molar-refractivity contribution < 1.29 is 9.90 Å². The monoisotopic (exact) mass is 139 g/mol. The van der Waals surface area contributed by atoms with Crippen LogP contribution in [0.4, 0.5) is 0 Å². The van der Waals surface area contributed by atoms with Crippen LogP contribution in [-0.4, -0.2) is 35.1 Å². The highest BCUT2D eigenvalue weighted by atomic mass is 16.3. The lowest BCUT2D eigenvalue weighted by Crippen LogP contribution is -2.27. The van der Waals surface area contributed by atoms with E-state index in [1.165, 1.54) is 4.90 Å². The molecule has 0 bridgehead atoms. The van der Waals surface area contributed by atoms with Crippen LogP contribution in [0.5, 0.6) is 0 Å². The summed E-state index contributed by atoms with van der Waals surface area (Å²) in [5.74, 6) is 1.68. The Labute approximate surface area is 59.6 Å². The summed E-state index contributed by atoms with van der Waals surface area (Å²) in [6.07, 6.45) is 5.14. The number of amides is 1. The lowest BCUT2D eigenvalue weighted by Gasteiger charge is -2.09. The van der Waals surface area contributed by atoms with E-state index in [2.05, 4.69) is 0 Å². The first-order chi connectivity index (χ1) is 4.74. The molecule has 1 amide bonds. The van der Waals surface area contributed by atoms with Crippen molar-refractivity contribution in [3.63, 3.8) is 0 Å². The Balaban J connectivity index is 2.47. The molecule has 54 valence electrons. The maximum Gasteiger partial charge on any atom is 0.298 e. The third-order valence-electron chi connectivity index (χ3n) is 1.57. The number of rotatable bonds is 0. The maximum absolute atomic E-state index is 10.7. The first kappa shape index (κ1) is 7.10. The number of aliphatic hydroxyl groups is 1. The van der Waals surface area contributed by atoms with Crippen LogP contribution in [0.25, 0.3) is 0 Å². The standard InChI is InChI=1S/C7H9NO2/c1-2-7(10)8-4-3-6(9)5-8/h1,6,9H,3-5H2/t6-/m1/s1. The van der Waals surface area contributed by atoms with E-state index in [9.17, 15) is 4.79 Å². The van der Waals surface area contributed by atoms with Crippen molar-refractivity contribution in [3.8, 4) is 12.3 Å². The van der Waals surface area contributed by atoms with E-state index in [1.807, 2.05) is 5.92 Å². The molecule has 3 nitrogen and oxygen atoms in total. The summed E-state index contributed by atoms with van der Waals surface area (Å²) in [5.41, 5.74) is 0. The molecule has 0 aromatic carbocycles. The van der Waals surface area contributed by atoms with Gasteiger partial charge < -0.3 is 10.0 Å². The molecule has 3 heteroatoms. The molecule has 1 aliphatic rings. The quantitative estimate of drug-likeness (QED) is 0.447. The summed E-state index contributed by atoms with van der Waals surface area (Å²) in [6.45, 7) is 0.979. The number of likely N-dealkylation sites (tertiary alicyclic amines) is 1. The van der Waals surface area contributed by atoms with E-state index >= 15 is 0 Å². The summed E-state index contributed by atoms with van der Waals surface area (Å²) in [6, 6.07) is 0. The van der Waals surface area contributed by atoms with Crippen LogP contribution in [-0.2, 0) is 4.79 Å². The van der Waals surface area contributed by atoms with Crippen molar-refractivity contribution in [2.75, 3.05) is 13.1 Å². The third kappa shape index (κ3) is 1.28. The zero-order valence-electron chi connectivity index (χ0n) is 5.58. The van der Waals surface area contributed by atoms with Crippen molar-refractivity contribution in [1.29, 1.82) is 0 Å². The topological polar surface area (TPSA) is 40.5 Å². The predicted octanol–water partition coefficient (Wildman–Crippen LogP) is -0.787. The summed E-state index contributed by atoms with van der Waals surface area (Å²) >= 11 is 0. The van der Waals surface area contributed by atoms with Gasteiger partial charge in [0.1, 0.15) is 0 Å². The Bertz CT molecular complexity index is 183. The summed E-state index contributed by atoms with van der Waals surface area (Å²) in [4.78, 5) is 12.2. The van der Waals surface area contributed by atoms with Gasteiger partial charge in [-0.3, -0.25) is 4.79 Å². The molecule has 0 aromatic heterocycles. The molecule has 0 saturated carbocycles. The lowest BCUT2D eigenvalue weighted by atomic mass is 10.3. The predicted molar refractivity (Wildman–Crippen MR) is 36.0 cm³/mol. The minimum atomic E-state index is -0.378. The van der Waals surface area contributed by atoms with Gasteiger partial charge in [0.2, 0.25) is 0 Å². The van der Waals surface area contributed by atoms with Crippen molar-refractivity contribution in [1.82, 2.24) is 4.90 Å². The fourth-order valence-electron chi connectivity index (χ4n) is 1.02. The number of carbonyl (C=O) groups excluding carboxylic acids is 1.